The summed E-state index contributed by atoms with van der Waals surface area (Å²) in [7, 11) is 0. The number of carbonyl (C=O) groups excluding carboxylic acids is 1. The lowest BCUT2D eigenvalue weighted by Gasteiger charge is -1.97. The van der Waals surface area contributed by atoms with E-state index in [9.17, 15) is 4.79 Å². The maximum atomic E-state index is 12.0. The minimum Gasteiger partial charge on any atom is -0.361 e. The maximum absolute atomic E-state index is 12.0. The molecule has 0 unspecified atom stereocenters. The molecule has 0 aliphatic rings. The van der Waals surface area contributed by atoms with E-state index in [2.05, 4.69) is 20.5 Å². The summed E-state index contributed by atoms with van der Waals surface area (Å²) in [6.07, 6.45) is 3.79. The number of rotatable bonds is 4. The van der Waals surface area contributed by atoms with Crippen molar-refractivity contribution in [1.82, 2.24) is 15.4 Å². The van der Waals surface area contributed by atoms with E-state index in [0.29, 0.717) is 0 Å². The van der Waals surface area contributed by atoms with Gasteiger partial charge in [-0.05, 0) is 23.6 Å². The number of aromatic amines is 2. The van der Waals surface area contributed by atoms with Crippen LogP contribution in [0.25, 0.3) is 21.8 Å². The van der Waals surface area contributed by atoms with Crippen LogP contribution in [0.3, 0.4) is 0 Å². The molecule has 0 saturated heterocycles. The second-order valence-corrected chi connectivity index (χ2v) is 5.64. The summed E-state index contributed by atoms with van der Waals surface area (Å²) in [6.45, 7) is 0. The number of amides is 1. The van der Waals surface area contributed by atoms with Gasteiger partial charge in [-0.15, -0.1) is 0 Å². The Morgan fingerprint density at radius 2 is 1.88 bits per heavy atom. The number of hydrogen-bond donors (Lipinski definition) is 3. The van der Waals surface area contributed by atoms with Gasteiger partial charge in [-0.1, -0.05) is 36.4 Å². The minimum atomic E-state index is -0.155. The van der Waals surface area contributed by atoms with Crippen molar-refractivity contribution in [1.29, 1.82) is 0 Å². The third-order valence-corrected chi connectivity index (χ3v) is 3.95. The average Bonchev–Trinajstić information content (AvgIpc) is 3.18. The first-order valence-corrected chi connectivity index (χ1v) is 7.74. The molecule has 0 saturated carbocycles. The molecule has 3 N–H and O–H groups in total. The highest BCUT2D eigenvalue weighted by Gasteiger charge is 2.06. The lowest BCUT2D eigenvalue weighted by Crippen LogP contribution is -2.19. The Balaban J connectivity index is 1.42. The van der Waals surface area contributed by atoms with Crippen LogP contribution in [0.4, 0.5) is 0 Å². The number of hydrazone groups is 1. The lowest BCUT2D eigenvalue weighted by atomic mass is 10.2. The first kappa shape index (κ1) is 14.3. The van der Waals surface area contributed by atoms with Crippen LogP contribution in [0.1, 0.15) is 11.3 Å². The van der Waals surface area contributed by atoms with Gasteiger partial charge in [-0.2, -0.15) is 5.10 Å². The van der Waals surface area contributed by atoms with E-state index in [-0.39, 0.29) is 12.3 Å². The van der Waals surface area contributed by atoms with Crippen LogP contribution in [-0.4, -0.2) is 22.1 Å². The lowest BCUT2D eigenvalue weighted by molar-refractivity contribution is -0.120. The van der Waals surface area contributed by atoms with Gasteiger partial charge in [0.1, 0.15) is 0 Å². The molecule has 0 radical (unpaired) electrons. The third-order valence-electron chi connectivity index (χ3n) is 3.95. The fraction of sp³-hybridized carbons (Fsp3) is 0.0526. The van der Waals surface area contributed by atoms with Crippen LogP contribution in [0.2, 0.25) is 0 Å². The van der Waals surface area contributed by atoms with Gasteiger partial charge in [-0.25, -0.2) is 5.43 Å². The number of carbonyl (C=O) groups is 1. The van der Waals surface area contributed by atoms with E-state index in [1.807, 2.05) is 60.8 Å². The normalized spacial score (nSPS) is 11.5. The number of H-pyrrole nitrogens is 2. The fourth-order valence-electron chi connectivity index (χ4n) is 2.82. The molecule has 5 heteroatoms. The molecule has 0 fully saturated rings. The van der Waals surface area contributed by atoms with Gasteiger partial charge >= 0.3 is 0 Å². The Kier molecular flexibility index (Phi) is 3.59. The first-order chi connectivity index (χ1) is 11.8. The molecule has 5 nitrogen and oxygen atoms in total. The van der Waals surface area contributed by atoms with E-state index in [0.717, 1.165) is 33.1 Å². The molecule has 4 aromatic rings. The van der Waals surface area contributed by atoms with Crippen molar-refractivity contribution in [2.24, 2.45) is 5.10 Å². The highest BCUT2D eigenvalue weighted by molar-refractivity contribution is 5.99. The number of aromatic nitrogens is 2. The molecule has 2 aromatic heterocycles. The molecule has 1 amide bonds. The Hall–Kier alpha value is -3.34. The smallest absolute Gasteiger partial charge is 0.245 e. The van der Waals surface area contributed by atoms with Gasteiger partial charge in [-0.3, -0.25) is 4.79 Å². The van der Waals surface area contributed by atoms with Gasteiger partial charge in [0.2, 0.25) is 5.91 Å². The van der Waals surface area contributed by atoms with Gasteiger partial charge in [0.25, 0.3) is 0 Å². The van der Waals surface area contributed by atoms with Crippen molar-refractivity contribution >= 4 is 33.9 Å². The highest BCUT2D eigenvalue weighted by Crippen LogP contribution is 2.16. The standard InChI is InChI=1S/C19H16N4O/c24-19(10-15-9-13-5-1-3-7-17(13)22-15)23-21-12-14-11-20-18-8-4-2-6-16(14)18/h1-9,11-12,20,22H,10H2,(H,23,24)/b21-12+. The molecule has 0 aliphatic carbocycles. The van der Waals surface area contributed by atoms with Crippen molar-refractivity contribution in [3.8, 4) is 0 Å². The summed E-state index contributed by atoms with van der Waals surface area (Å²) >= 11 is 0. The van der Waals surface area contributed by atoms with Crippen molar-refractivity contribution in [3.63, 3.8) is 0 Å². The third kappa shape index (κ3) is 2.79. The van der Waals surface area contributed by atoms with Gasteiger partial charge in [0.15, 0.2) is 0 Å². The van der Waals surface area contributed by atoms with E-state index < -0.39 is 0 Å². The Labute approximate surface area is 138 Å². The number of para-hydroxylation sites is 2. The largest absolute Gasteiger partial charge is 0.361 e. The zero-order chi connectivity index (χ0) is 16.4. The van der Waals surface area contributed by atoms with Gasteiger partial charge < -0.3 is 9.97 Å². The van der Waals surface area contributed by atoms with E-state index in [1.54, 1.807) is 6.21 Å². The zero-order valence-corrected chi connectivity index (χ0v) is 12.9. The first-order valence-electron chi connectivity index (χ1n) is 7.74. The van der Waals surface area contributed by atoms with Crippen LogP contribution >= 0.6 is 0 Å². The Morgan fingerprint density at radius 1 is 1.08 bits per heavy atom. The van der Waals surface area contributed by atoms with Crippen LogP contribution in [0.15, 0.2) is 65.9 Å². The molecule has 0 bridgehead atoms. The molecular formula is C19H16N4O. The Morgan fingerprint density at radius 3 is 2.75 bits per heavy atom. The second kappa shape index (κ2) is 6.04. The van der Waals surface area contributed by atoms with Crippen LogP contribution in [-0.2, 0) is 11.2 Å². The van der Waals surface area contributed by atoms with E-state index in [4.69, 9.17) is 0 Å². The van der Waals surface area contributed by atoms with E-state index >= 15 is 0 Å². The van der Waals surface area contributed by atoms with Gasteiger partial charge in [0.05, 0.1) is 12.6 Å². The van der Waals surface area contributed by atoms with Crippen LogP contribution in [0, 0.1) is 0 Å². The van der Waals surface area contributed by atoms with Crippen molar-refractivity contribution in [2.75, 3.05) is 0 Å². The van der Waals surface area contributed by atoms with Crippen molar-refractivity contribution in [2.45, 2.75) is 6.42 Å². The van der Waals surface area contributed by atoms with E-state index in [1.165, 1.54) is 0 Å². The number of nitrogens with zero attached hydrogens (tertiary/aromatic N) is 1. The fourth-order valence-corrected chi connectivity index (χ4v) is 2.82. The molecule has 24 heavy (non-hydrogen) atoms. The number of benzene rings is 2. The summed E-state index contributed by atoms with van der Waals surface area (Å²) in [5, 5.41) is 6.23. The van der Waals surface area contributed by atoms with Crippen LogP contribution < -0.4 is 5.43 Å². The van der Waals surface area contributed by atoms with Crippen LogP contribution in [0.5, 0.6) is 0 Å². The molecule has 2 heterocycles. The van der Waals surface area contributed by atoms with Gasteiger partial charge in [0, 0.05) is 33.9 Å². The highest BCUT2D eigenvalue weighted by atomic mass is 16.2. The topological polar surface area (TPSA) is 73.0 Å². The molecule has 0 atom stereocenters. The SMILES string of the molecule is O=C(Cc1cc2ccccc2[nH]1)N/N=C/c1c[nH]c2ccccc12. The molecule has 4 rings (SSSR count). The number of hydrogen-bond acceptors (Lipinski definition) is 2. The molecular weight excluding hydrogens is 300 g/mol. The summed E-state index contributed by atoms with van der Waals surface area (Å²) < 4.78 is 0. The number of fused-ring (bicyclic) bond motifs is 2. The maximum Gasteiger partial charge on any atom is 0.245 e. The Bertz CT molecular complexity index is 1010. The summed E-state index contributed by atoms with van der Waals surface area (Å²) in [5.74, 6) is -0.155. The average molecular weight is 316 g/mol. The predicted molar refractivity (Wildman–Crippen MR) is 96.0 cm³/mol. The molecule has 0 spiro atoms. The summed E-state index contributed by atoms with van der Waals surface area (Å²) in [5.41, 5.74) is 6.46. The van der Waals surface area contributed by atoms with Crippen molar-refractivity contribution < 1.29 is 4.79 Å². The van der Waals surface area contributed by atoms with Crippen molar-refractivity contribution in [3.05, 3.63) is 72.1 Å². The summed E-state index contributed by atoms with van der Waals surface area (Å²) in [6, 6.07) is 17.9. The second-order valence-electron chi connectivity index (χ2n) is 5.64. The minimum absolute atomic E-state index is 0.155. The molecule has 0 aliphatic heterocycles. The molecule has 118 valence electrons. The summed E-state index contributed by atoms with van der Waals surface area (Å²) in [4.78, 5) is 18.4. The monoisotopic (exact) mass is 316 g/mol. The quantitative estimate of drug-likeness (QED) is 0.392. The molecule has 2 aromatic carbocycles. The predicted octanol–water partition coefficient (Wildman–Crippen LogP) is 3.34. The number of nitrogens with one attached hydrogen (secondary N) is 3. The zero-order valence-electron chi connectivity index (χ0n) is 12.9.